The molecule has 0 aliphatic rings. The number of amides is 1. The van der Waals surface area contributed by atoms with Crippen LogP contribution in [0, 0.1) is 5.92 Å². The third-order valence-corrected chi connectivity index (χ3v) is 2.39. The predicted octanol–water partition coefficient (Wildman–Crippen LogP) is 1.34. The van der Waals surface area contributed by atoms with E-state index in [0.717, 1.165) is 12.1 Å². The highest BCUT2D eigenvalue weighted by molar-refractivity contribution is 5.75. The van der Waals surface area contributed by atoms with E-state index in [-0.39, 0.29) is 18.2 Å². The minimum absolute atomic E-state index is 0.215. The van der Waals surface area contributed by atoms with Crippen molar-refractivity contribution in [1.29, 1.82) is 0 Å². The molecule has 0 unspecified atom stereocenters. The monoisotopic (exact) mass is 236 g/mol. The van der Waals surface area contributed by atoms with Crippen LogP contribution in [0.3, 0.4) is 0 Å². The molecule has 0 saturated heterocycles. The van der Waals surface area contributed by atoms with E-state index >= 15 is 0 Å². The number of carbonyl (C=O) groups is 1. The smallest absolute Gasteiger partial charge is 0.231 e. The average molecular weight is 236 g/mol. The van der Waals surface area contributed by atoms with Crippen LogP contribution in [-0.2, 0) is 11.3 Å². The fraction of sp³-hybridized carbons (Fsp3) is 0.462. The number of hydrogen-bond donors (Lipinski definition) is 2. The Hall–Kier alpha value is -1.55. The molecule has 0 heterocycles. The van der Waals surface area contributed by atoms with Gasteiger partial charge >= 0.3 is 0 Å². The van der Waals surface area contributed by atoms with Crippen LogP contribution in [0.5, 0.6) is 5.75 Å². The molecule has 17 heavy (non-hydrogen) atoms. The molecule has 0 aromatic heterocycles. The third-order valence-electron chi connectivity index (χ3n) is 2.39. The average Bonchev–Trinajstić information content (AvgIpc) is 2.19. The van der Waals surface area contributed by atoms with Gasteiger partial charge in [-0.2, -0.15) is 0 Å². The molecule has 0 bridgehead atoms. The summed E-state index contributed by atoms with van der Waals surface area (Å²) in [5.74, 6) is 0.354. The zero-order valence-corrected chi connectivity index (χ0v) is 10.4. The predicted molar refractivity (Wildman–Crippen MR) is 67.4 cm³/mol. The molecule has 0 aliphatic carbocycles. The Balaban J connectivity index is 2.71. The molecule has 4 nitrogen and oxygen atoms in total. The van der Waals surface area contributed by atoms with Gasteiger partial charge in [-0.15, -0.1) is 0 Å². The van der Waals surface area contributed by atoms with Gasteiger partial charge in [-0.05, 0) is 12.0 Å². The summed E-state index contributed by atoms with van der Waals surface area (Å²) in [7, 11) is 0. The highest BCUT2D eigenvalue weighted by Crippen LogP contribution is 2.18. The normalized spacial score (nSPS) is 11.1. The van der Waals surface area contributed by atoms with E-state index < -0.39 is 0 Å². The lowest BCUT2D eigenvalue weighted by molar-refractivity contribution is -0.119. The van der Waals surface area contributed by atoms with Crippen LogP contribution >= 0.6 is 0 Å². The highest BCUT2D eigenvalue weighted by atomic mass is 16.3. The van der Waals surface area contributed by atoms with Crippen molar-refractivity contribution in [2.24, 2.45) is 11.7 Å². The van der Waals surface area contributed by atoms with E-state index in [1.54, 1.807) is 12.1 Å². The van der Waals surface area contributed by atoms with E-state index in [4.69, 9.17) is 5.73 Å². The number of carbonyl (C=O) groups excluding carboxylic acids is 1. The molecule has 1 aromatic rings. The lowest BCUT2D eigenvalue weighted by Crippen LogP contribution is -2.35. The summed E-state index contributed by atoms with van der Waals surface area (Å²) < 4.78 is 0. The van der Waals surface area contributed by atoms with E-state index in [2.05, 4.69) is 13.8 Å². The molecule has 94 valence electrons. The number of nitrogens with zero attached hydrogens (tertiary/aromatic N) is 1. The molecule has 3 N–H and O–H groups in total. The first-order chi connectivity index (χ1) is 7.99. The SMILES string of the molecule is CC(C)CN(CC(N)=O)Cc1ccccc1O. The molecule has 1 amide bonds. The van der Waals surface area contributed by atoms with E-state index in [1.807, 2.05) is 17.0 Å². The number of nitrogens with two attached hydrogens (primary N) is 1. The van der Waals surface area contributed by atoms with Gasteiger partial charge in [-0.25, -0.2) is 0 Å². The number of phenolic OH excluding ortho intramolecular Hbond substituents is 1. The molecule has 0 radical (unpaired) electrons. The van der Waals surface area contributed by atoms with Gasteiger partial charge in [0.05, 0.1) is 6.54 Å². The summed E-state index contributed by atoms with van der Waals surface area (Å²) >= 11 is 0. The van der Waals surface area contributed by atoms with E-state index in [0.29, 0.717) is 12.5 Å². The van der Waals surface area contributed by atoms with Crippen LogP contribution in [0.15, 0.2) is 24.3 Å². The van der Waals surface area contributed by atoms with Crippen molar-refractivity contribution in [3.63, 3.8) is 0 Å². The molecule has 0 aliphatic heterocycles. The van der Waals surface area contributed by atoms with Crippen LogP contribution < -0.4 is 5.73 Å². The molecule has 0 fully saturated rings. The van der Waals surface area contributed by atoms with Gasteiger partial charge in [0.15, 0.2) is 0 Å². The Morgan fingerprint density at radius 1 is 1.41 bits per heavy atom. The standard InChI is InChI=1S/C13H20N2O2/c1-10(2)7-15(9-13(14)17)8-11-5-3-4-6-12(11)16/h3-6,10,16H,7-9H2,1-2H3,(H2,14,17). The molecular formula is C13H20N2O2. The lowest BCUT2D eigenvalue weighted by atomic mass is 10.1. The minimum atomic E-state index is -0.346. The van der Waals surface area contributed by atoms with Gasteiger partial charge in [0.25, 0.3) is 0 Å². The molecule has 0 saturated carbocycles. The van der Waals surface area contributed by atoms with Crippen molar-refractivity contribution in [3.8, 4) is 5.75 Å². The summed E-state index contributed by atoms with van der Waals surface area (Å²) in [5, 5.41) is 9.68. The van der Waals surface area contributed by atoms with E-state index in [1.165, 1.54) is 0 Å². The second-order valence-corrected chi connectivity index (χ2v) is 4.66. The van der Waals surface area contributed by atoms with Crippen molar-refractivity contribution >= 4 is 5.91 Å². The fourth-order valence-electron chi connectivity index (χ4n) is 1.81. The van der Waals surface area contributed by atoms with Gasteiger partial charge in [0.2, 0.25) is 5.91 Å². The second-order valence-electron chi connectivity index (χ2n) is 4.66. The molecule has 1 aromatic carbocycles. The number of benzene rings is 1. The summed E-state index contributed by atoms with van der Waals surface area (Å²) in [4.78, 5) is 12.9. The summed E-state index contributed by atoms with van der Waals surface area (Å²) in [5.41, 5.74) is 6.03. The topological polar surface area (TPSA) is 66.6 Å². The Morgan fingerprint density at radius 2 is 2.06 bits per heavy atom. The van der Waals surface area contributed by atoms with Gasteiger partial charge in [-0.1, -0.05) is 32.0 Å². The Bertz CT molecular complexity index is 377. The Kier molecular flexibility index (Phi) is 4.97. The highest BCUT2D eigenvalue weighted by Gasteiger charge is 2.12. The summed E-state index contributed by atoms with van der Waals surface area (Å²) in [6.07, 6.45) is 0. The van der Waals surface area contributed by atoms with Crippen molar-refractivity contribution in [2.45, 2.75) is 20.4 Å². The molecule has 0 atom stereocenters. The number of rotatable bonds is 6. The maximum Gasteiger partial charge on any atom is 0.231 e. The quantitative estimate of drug-likeness (QED) is 0.783. The minimum Gasteiger partial charge on any atom is -0.508 e. The summed E-state index contributed by atoms with van der Waals surface area (Å²) in [6, 6.07) is 7.14. The molecule has 0 spiro atoms. The first-order valence-corrected chi connectivity index (χ1v) is 5.76. The fourth-order valence-corrected chi connectivity index (χ4v) is 1.81. The van der Waals surface area contributed by atoms with Crippen molar-refractivity contribution in [3.05, 3.63) is 29.8 Å². The van der Waals surface area contributed by atoms with Crippen LogP contribution in [0.2, 0.25) is 0 Å². The maximum atomic E-state index is 11.0. The van der Waals surface area contributed by atoms with Crippen LogP contribution in [0.25, 0.3) is 0 Å². The number of phenols is 1. The Labute approximate surface area is 102 Å². The van der Waals surface area contributed by atoms with E-state index in [9.17, 15) is 9.90 Å². The van der Waals surface area contributed by atoms with Gasteiger partial charge in [0, 0.05) is 18.7 Å². The number of primary amides is 1. The molecular weight excluding hydrogens is 216 g/mol. The first kappa shape index (κ1) is 13.5. The van der Waals surface area contributed by atoms with Gasteiger partial charge < -0.3 is 10.8 Å². The maximum absolute atomic E-state index is 11.0. The van der Waals surface area contributed by atoms with Gasteiger partial charge in [-0.3, -0.25) is 9.69 Å². The Morgan fingerprint density at radius 3 is 2.59 bits per heavy atom. The number of aromatic hydroxyl groups is 1. The largest absolute Gasteiger partial charge is 0.508 e. The van der Waals surface area contributed by atoms with Crippen LogP contribution in [0.4, 0.5) is 0 Å². The van der Waals surface area contributed by atoms with Crippen LogP contribution in [-0.4, -0.2) is 29.0 Å². The molecule has 1 rings (SSSR count). The zero-order valence-electron chi connectivity index (χ0n) is 10.4. The zero-order chi connectivity index (χ0) is 12.8. The first-order valence-electron chi connectivity index (χ1n) is 5.76. The lowest BCUT2D eigenvalue weighted by Gasteiger charge is -2.23. The van der Waals surface area contributed by atoms with Gasteiger partial charge in [0.1, 0.15) is 5.75 Å². The number of hydrogen-bond acceptors (Lipinski definition) is 3. The van der Waals surface area contributed by atoms with Crippen molar-refractivity contribution in [2.75, 3.05) is 13.1 Å². The number of para-hydroxylation sites is 1. The summed E-state index contributed by atoms with van der Waals surface area (Å²) in [6.45, 7) is 5.69. The molecule has 4 heteroatoms. The van der Waals surface area contributed by atoms with Crippen molar-refractivity contribution in [1.82, 2.24) is 4.90 Å². The van der Waals surface area contributed by atoms with Crippen molar-refractivity contribution < 1.29 is 9.90 Å². The second kappa shape index (κ2) is 6.25. The third kappa shape index (κ3) is 4.87. The van der Waals surface area contributed by atoms with Crippen LogP contribution in [0.1, 0.15) is 19.4 Å².